The summed E-state index contributed by atoms with van der Waals surface area (Å²) in [7, 11) is 4.85. The predicted octanol–water partition coefficient (Wildman–Crippen LogP) is 14.2. The summed E-state index contributed by atoms with van der Waals surface area (Å²) in [6, 6.07) is 56.9. The van der Waals surface area contributed by atoms with Crippen LogP contribution < -0.4 is 19.5 Å². The standard InChI is InChI=1S/C23H29N3O.C22H30N4O4S.C21H25N3O2.C16H15ClN4O/c1-18-9-8-12-22(19(18)2)27-16-15-26-21-11-5-4-10-20(21)24-23(26)17-25-13-6-3-7-14-25;1-5-12-26-20-11-10-17(31(27,28)25(2)3)15-19(20)24-22(26)16-23-18-8-6-7-9-21(18)30-14-13-29-4;1-17-6-2-5-9-20(17)26-15-12-24-19-8-4-3-7-18(19)22-21(24)16-23-10-13-25-14-11-23;1-20(16(22)12-7-5-9-14(17)18-12)10-15-19-11-6-3-4-8-13(11)21(15)2/h4-5,8-12H,3,6-7,13-17H2,1-2H3;6-11,15,23H,5,12-14,16H2,1-4H3;2-9H,10-16H2,1H3;3-9H,10H2,1-2H3. The van der Waals surface area contributed by atoms with Gasteiger partial charge in [-0.1, -0.05) is 110 Å². The lowest BCUT2D eigenvalue weighted by Crippen LogP contribution is -2.36. The van der Waals surface area contributed by atoms with Crippen molar-refractivity contribution in [3.8, 4) is 17.2 Å². The molecule has 1 N–H and O–H groups in total. The molecule has 2 aliphatic heterocycles. The molecule has 0 bridgehead atoms. The van der Waals surface area contributed by atoms with Crippen molar-refractivity contribution in [1.29, 1.82) is 0 Å². The first-order chi connectivity index (χ1) is 51.5. The van der Waals surface area contributed by atoms with Crippen molar-refractivity contribution in [2.24, 2.45) is 7.05 Å². The Morgan fingerprint density at radius 1 is 0.538 bits per heavy atom. The average Bonchev–Trinajstić information content (AvgIpc) is 1.63. The number of rotatable bonds is 26. The Morgan fingerprint density at radius 2 is 1.07 bits per heavy atom. The second kappa shape index (κ2) is 37.5. The lowest BCUT2D eigenvalue weighted by atomic mass is 10.1. The molecule has 2 fully saturated rings. The van der Waals surface area contributed by atoms with Crippen LogP contribution >= 0.6 is 11.6 Å². The molecule has 0 unspecified atom stereocenters. The van der Waals surface area contributed by atoms with E-state index in [-0.39, 0.29) is 10.8 Å². The maximum absolute atomic E-state index is 12.5. The molecular weight excluding hydrogens is 1380 g/mol. The van der Waals surface area contributed by atoms with Gasteiger partial charge >= 0.3 is 0 Å². The number of para-hydroxylation sites is 9. The lowest BCUT2D eigenvalue weighted by Gasteiger charge is -2.26. The Balaban J connectivity index is 0.000000142. The molecule has 7 aromatic carbocycles. The number of methoxy groups -OCH3 is 1. The van der Waals surface area contributed by atoms with Gasteiger partial charge in [0.2, 0.25) is 10.0 Å². The minimum atomic E-state index is -3.51. The topological polar surface area (TPSA) is 207 Å². The molecule has 24 heteroatoms. The van der Waals surface area contributed by atoms with E-state index in [0.29, 0.717) is 55.9 Å². The molecule has 0 atom stereocenters. The van der Waals surface area contributed by atoms with Crippen LogP contribution in [0.2, 0.25) is 5.15 Å². The molecule has 0 saturated carbocycles. The number of anilines is 1. The number of carbonyl (C=O) groups is 1. The van der Waals surface area contributed by atoms with Crippen molar-refractivity contribution in [3.05, 3.63) is 227 Å². The predicted molar refractivity (Wildman–Crippen MR) is 421 cm³/mol. The minimum Gasteiger partial charge on any atom is -0.491 e. The smallest absolute Gasteiger partial charge is 0.272 e. The quantitative estimate of drug-likeness (QED) is 0.0395. The molecule has 22 nitrogen and oxygen atoms in total. The minimum absolute atomic E-state index is 0.186. The highest BCUT2D eigenvalue weighted by Crippen LogP contribution is 2.29. The number of nitrogens with zero attached hydrogens (tertiary/aromatic N) is 13. The lowest BCUT2D eigenvalue weighted by molar-refractivity contribution is 0.0326. The van der Waals surface area contributed by atoms with Crippen LogP contribution in [0, 0.1) is 20.8 Å². The zero-order chi connectivity index (χ0) is 74.5. The van der Waals surface area contributed by atoms with Crippen LogP contribution in [-0.2, 0) is 72.4 Å². The van der Waals surface area contributed by atoms with Crippen molar-refractivity contribution < 1.29 is 36.9 Å². The third-order valence-electron chi connectivity index (χ3n) is 19.0. The fraction of sp³-hybridized carbons (Fsp3) is 0.366. The summed E-state index contributed by atoms with van der Waals surface area (Å²) in [5.74, 6) is 6.40. The second-order valence-electron chi connectivity index (χ2n) is 26.6. The number of carbonyl (C=O) groups excluding carboxylic acids is 1. The Hall–Kier alpha value is -9.72. The van der Waals surface area contributed by atoms with E-state index in [2.05, 4.69) is 133 Å². The van der Waals surface area contributed by atoms with E-state index in [1.54, 1.807) is 49.4 Å². The van der Waals surface area contributed by atoms with Crippen LogP contribution in [0.5, 0.6) is 17.2 Å². The number of likely N-dealkylation sites (tertiary alicyclic amines) is 1. The van der Waals surface area contributed by atoms with Crippen molar-refractivity contribution in [1.82, 2.24) is 62.2 Å². The van der Waals surface area contributed by atoms with Crippen molar-refractivity contribution >= 4 is 77.4 Å². The molecule has 2 saturated heterocycles. The molecule has 106 heavy (non-hydrogen) atoms. The highest BCUT2D eigenvalue weighted by atomic mass is 35.5. The van der Waals surface area contributed by atoms with E-state index in [1.807, 2.05) is 90.5 Å². The molecule has 1 amide bonds. The molecule has 7 heterocycles. The first-order valence-corrected chi connectivity index (χ1v) is 38.2. The van der Waals surface area contributed by atoms with Gasteiger partial charge in [-0.3, -0.25) is 14.6 Å². The molecule has 2 aliphatic rings. The molecule has 12 aromatic rings. The first-order valence-electron chi connectivity index (χ1n) is 36.4. The van der Waals surface area contributed by atoms with Crippen molar-refractivity contribution in [3.63, 3.8) is 0 Å². The molecule has 14 rings (SSSR count). The molecule has 0 aliphatic carbocycles. The number of morpholine rings is 1. The molecule has 0 radical (unpaired) electrons. The highest BCUT2D eigenvalue weighted by Gasteiger charge is 2.23. The van der Waals surface area contributed by atoms with Gasteiger partial charge in [0.15, 0.2) is 0 Å². The van der Waals surface area contributed by atoms with Crippen LogP contribution in [0.15, 0.2) is 181 Å². The maximum Gasteiger partial charge on any atom is 0.272 e. The first kappa shape index (κ1) is 77.4. The molecule has 0 spiro atoms. The highest BCUT2D eigenvalue weighted by molar-refractivity contribution is 7.89. The number of nitrogens with one attached hydrogen (secondary N) is 1. The number of hydrogen-bond donors (Lipinski definition) is 1. The van der Waals surface area contributed by atoms with Crippen LogP contribution in [-0.4, -0.2) is 171 Å². The largest absolute Gasteiger partial charge is 0.491 e. The third-order valence-corrected chi connectivity index (χ3v) is 21.0. The second-order valence-corrected chi connectivity index (χ2v) is 29.2. The van der Waals surface area contributed by atoms with E-state index in [0.717, 1.165) is 145 Å². The van der Waals surface area contributed by atoms with Crippen molar-refractivity contribution in [2.75, 3.05) is 99.4 Å². The van der Waals surface area contributed by atoms with Crippen LogP contribution in [0.4, 0.5) is 5.69 Å². The van der Waals surface area contributed by atoms with Crippen molar-refractivity contribution in [2.45, 2.75) is 104 Å². The fourth-order valence-corrected chi connectivity index (χ4v) is 14.1. The van der Waals surface area contributed by atoms with E-state index in [1.165, 1.54) is 72.9 Å². The molecule has 558 valence electrons. The summed E-state index contributed by atoms with van der Waals surface area (Å²) < 4.78 is 63.4. The van der Waals surface area contributed by atoms with E-state index in [9.17, 15) is 13.2 Å². The number of ether oxygens (including phenoxy) is 5. The number of fused-ring (bicyclic) bond motifs is 4. The van der Waals surface area contributed by atoms with Gasteiger partial charge in [0.05, 0.1) is 114 Å². The fourth-order valence-electron chi connectivity index (χ4n) is 13.0. The summed E-state index contributed by atoms with van der Waals surface area (Å²) >= 11 is 5.83. The Bertz CT molecular complexity index is 4980. The number of aromatic nitrogens is 9. The van der Waals surface area contributed by atoms with Crippen LogP contribution in [0.1, 0.15) is 83.1 Å². The zero-order valence-electron chi connectivity index (χ0n) is 62.5. The van der Waals surface area contributed by atoms with Gasteiger partial charge in [0.25, 0.3) is 5.91 Å². The van der Waals surface area contributed by atoms with Gasteiger partial charge in [0, 0.05) is 54.9 Å². The van der Waals surface area contributed by atoms with Crippen LogP contribution in [0.25, 0.3) is 44.1 Å². The number of sulfonamides is 1. The number of aryl methyl sites for hydroxylation is 4. The van der Waals surface area contributed by atoms with Gasteiger partial charge in [-0.2, -0.15) is 0 Å². The molecular formula is C82H99ClN14O8S. The number of piperidine rings is 1. The number of imidazole rings is 4. The number of amides is 1. The van der Waals surface area contributed by atoms with Gasteiger partial charge in [-0.05, 0) is 161 Å². The van der Waals surface area contributed by atoms with Gasteiger partial charge in [-0.15, -0.1) is 0 Å². The summed E-state index contributed by atoms with van der Waals surface area (Å²) in [5.41, 5.74) is 12.9. The van der Waals surface area contributed by atoms with E-state index < -0.39 is 10.0 Å². The summed E-state index contributed by atoms with van der Waals surface area (Å²) in [6.45, 7) is 21.6. The summed E-state index contributed by atoms with van der Waals surface area (Å²) in [5, 5.41) is 3.71. The number of pyridine rings is 1. The number of hydrogen-bond acceptors (Lipinski definition) is 16. The maximum atomic E-state index is 12.5. The SMILES string of the molecule is CCCn1c(CNc2ccccc2OCCOC)nc2cc(S(=O)(=O)N(C)C)ccc21.CN(Cc1nc2ccccc2n1C)C(=O)c1cccc(Cl)n1.Cc1cccc(OCCn2c(CN3CCCCC3)nc3ccccc32)c1C.Cc1ccccc1OCCn1c(CN2CCOCC2)nc2ccccc21. The number of halogens is 1. The average molecular weight is 1480 g/mol. The monoisotopic (exact) mass is 1470 g/mol. The van der Waals surface area contributed by atoms with E-state index in [4.69, 9.17) is 50.2 Å². The Labute approximate surface area is 627 Å². The third kappa shape index (κ3) is 19.9. The summed E-state index contributed by atoms with van der Waals surface area (Å²) in [4.78, 5) is 42.3. The Morgan fingerprint density at radius 3 is 1.70 bits per heavy atom. The zero-order valence-corrected chi connectivity index (χ0v) is 64.0. The summed E-state index contributed by atoms with van der Waals surface area (Å²) in [6.07, 6.45) is 4.90. The van der Waals surface area contributed by atoms with E-state index >= 15 is 0 Å². The Kier molecular flexibility index (Phi) is 27.4. The normalized spacial score (nSPS) is 13.4. The van der Waals surface area contributed by atoms with Gasteiger partial charge < -0.3 is 52.2 Å². The molecule has 5 aromatic heterocycles. The van der Waals surface area contributed by atoms with Gasteiger partial charge in [0.1, 0.15) is 71.2 Å². The number of benzene rings is 7. The van der Waals surface area contributed by atoms with Crippen LogP contribution in [0.3, 0.4) is 0 Å². The van der Waals surface area contributed by atoms with Gasteiger partial charge in [-0.25, -0.2) is 37.6 Å².